The molecule has 1 aliphatic carbocycles. The van der Waals surface area contributed by atoms with Crippen LogP contribution in [0.25, 0.3) is 0 Å². The van der Waals surface area contributed by atoms with E-state index in [-0.39, 0.29) is 20.1 Å². The predicted molar refractivity (Wildman–Crippen MR) is 152 cm³/mol. The number of rotatable bonds is 10. The highest BCUT2D eigenvalue weighted by Gasteiger charge is 2.52. The second kappa shape index (κ2) is 10.8. The third kappa shape index (κ3) is 6.04. The standard InChI is InChI=1S/C24H20N6O6S4/c1-14-19(21(31)27-15-2-6-17(7-3-15)39(33,34)29-23-25-10-12-37-23)20(14)22(32)28-16-4-8-18(9-5-16)40(35,36)30-24-26-11-13-38-24/h2-13,19-20H,1H2,(H,25,29)(H,26,30)(H,27,31)(H,28,32)/t19-,20+. The van der Waals surface area contributed by atoms with Gasteiger partial charge in [-0.25, -0.2) is 26.8 Å². The highest BCUT2D eigenvalue weighted by molar-refractivity contribution is 7.93. The van der Waals surface area contributed by atoms with Gasteiger partial charge in [-0.05, 0) is 48.5 Å². The monoisotopic (exact) mass is 616 g/mol. The average molecular weight is 617 g/mol. The summed E-state index contributed by atoms with van der Waals surface area (Å²) < 4.78 is 54.6. The third-order valence-electron chi connectivity index (χ3n) is 5.76. The molecule has 2 amide bonds. The Morgan fingerprint density at radius 3 is 1.38 bits per heavy atom. The first-order valence-corrected chi connectivity index (χ1v) is 16.1. The van der Waals surface area contributed by atoms with Crippen LogP contribution in [0.1, 0.15) is 0 Å². The van der Waals surface area contributed by atoms with Crippen molar-refractivity contribution < 1.29 is 26.4 Å². The lowest BCUT2D eigenvalue weighted by molar-refractivity contribution is -0.122. The van der Waals surface area contributed by atoms with E-state index in [9.17, 15) is 26.4 Å². The number of benzene rings is 2. The number of carbonyl (C=O) groups excluding carboxylic acids is 2. The molecule has 40 heavy (non-hydrogen) atoms. The molecule has 0 spiro atoms. The molecule has 4 N–H and O–H groups in total. The molecule has 0 radical (unpaired) electrons. The minimum atomic E-state index is -3.83. The van der Waals surface area contributed by atoms with Gasteiger partial charge < -0.3 is 10.6 Å². The number of hydrogen-bond donors (Lipinski definition) is 4. The van der Waals surface area contributed by atoms with Crippen molar-refractivity contribution in [3.8, 4) is 0 Å². The van der Waals surface area contributed by atoms with Gasteiger partial charge in [0.05, 0.1) is 21.6 Å². The quantitative estimate of drug-likeness (QED) is 0.195. The topological polar surface area (TPSA) is 176 Å². The number of nitrogens with one attached hydrogen (secondary N) is 4. The zero-order chi connectivity index (χ0) is 28.5. The van der Waals surface area contributed by atoms with Crippen molar-refractivity contribution in [2.24, 2.45) is 11.8 Å². The molecule has 1 aliphatic rings. The Balaban J connectivity index is 1.16. The first-order valence-electron chi connectivity index (χ1n) is 11.4. The minimum Gasteiger partial charge on any atom is -0.326 e. The molecule has 2 aromatic carbocycles. The van der Waals surface area contributed by atoms with E-state index in [0.29, 0.717) is 16.9 Å². The molecular formula is C24H20N6O6S4. The number of amides is 2. The van der Waals surface area contributed by atoms with Gasteiger partial charge in [-0.15, -0.1) is 22.7 Å². The largest absolute Gasteiger partial charge is 0.326 e. The molecule has 206 valence electrons. The molecule has 0 saturated heterocycles. The van der Waals surface area contributed by atoms with Gasteiger partial charge in [0.1, 0.15) is 0 Å². The third-order valence-corrected chi connectivity index (χ3v) is 10.1. The lowest BCUT2D eigenvalue weighted by Crippen LogP contribution is -2.20. The van der Waals surface area contributed by atoms with E-state index in [4.69, 9.17) is 0 Å². The zero-order valence-electron chi connectivity index (χ0n) is 20.3. The molecule has 1 fully saturated rings. The van der Waals surface area contributed by atoms with Gasteiger partial charge in [0.25, 0.3) is 20.0 Å². The summed E-state index contributed by atoms with van der Waals surface area (Å²) in [6.45, 7) is 3.81. The van der Waals surface area contributed by atoms with Gasteiger partial charge in [0.15, 0.2) is 10.3 Å². The van der Waals surface area contributed by atoms with Gasteiger partial charge >= 0.3 is 0 Å². The zero-order valence-corrected chi connectivity index (χ0v) is 23.5. The van der Waals surface area contributed by atoms with Gasteiger partial charge in [-0.2, -0.15) is 0 Å². The van der Waals surface area contributed by atoms with Gasteiger partial charge in [-0.1, -0.05) is 12.2 Å². The molecule has 1 saturated carbocycles. The summed E-state index contributed by atoms with van der Waals surface area (Å²) in [5.41, 5.74) is 1.12. The van der Waals surface area contributed by atoms with Crippen LogP contribution < -0.4 is 20.1 Å². The molecule has 2 heterocycles. The lowest BCUT2D eigenvalue weighted by atomic mass is 10.2. The SMILES string of the molecule is C=C1[C@H](C(=O)Nc2ccc(S(=O)(=O)Nc3nccs3)cc2)[C@@H]1C(=O)Nc1ccc(S(=O)(=O)Nc2nccs2)cc1. The van der Waals surface area contributed by atoms with Crippen molar-refractivity contribution in [3.05, 3.63) is 83.8 Å². The van der Waals surface area contributed by atoms with E-state index in [1.165, 1.54) is 60.9 Å². The second-order valence-electron chi connectivity index (χ2n) is 8.44. The Labute approximate surface area is 237 Å². The number of hydrogen-bond acceptors (Lipinski definition) is 10. The summed E-state index contributed by atoms with van der Waals surface area (Å²) in [4.78, 5) is 33.3. The molecule has 0 bridgehead atoms. The van der Waals surface area contributed by atoms with Crippen LogP contribution in [-0.2, 0) is 29.6 Å². The van der Waals surface area contributed by atoms with E-state index in [2.05, 4.69) is 36.6 Å². The van der Waals surface area contributed by atoms with Crippen LogP contribution in [0.4, 0.5) is 21.6 Å². The fraction of sp³-hybridized carbons (Fsp3) is 0.0833. The maximum Gasteiger partial charge on any atom is 0.263 e. The number of anilines is 4. The summed E-state index contributed by atoms with van der Waals surface area (Å²) in [6, 6.07) is 11.1. The molecule has 2 atom stereocenters. The summed E-state index contributed by atoms with van der Waals surface area (Å²) >= 11 is 2.29. The smallest absolute Gasteiger partial charge is 0.263 e. The van der Waals surface area contributed by atoms with Gasteiger partial charge in [-0.3, -0.25) is 19.0 Å². The number of sulfonamides is 2. The Bertz CT molecular complexity index is 1640. The Morgan fingerprint density at radius 2 is 1.05 bits per heavy atom. The van der Waals surface area contributed by atoms with Crippen LogP contribution in [0.3, 0.4) is 0 Å². The number of carbonyl (C=O) groups is 2. The van der Waals surface area contributed by atoms with Crippen LogP contribution in [0.15, 0.2) is 93.6 Å². The highest BCUT2D eigenvalue weighted by Crippen LogP contribution is 2.45. The summed E-state index contributed by atoms with van der Waals surface area (Å²) in [7, 11) is -7.67. The van der Waals surface area contributed by atoms with Crippen LogP contribution in [0.5, 0.6) is 0 Å². The second-order valence-corrected chi connectivity index (χ2v) is 13.6. The Morgan fingerprint density at radius 1 is 0.675 bits per heavy atom. The fourth-order valence-electron chi connectivity index (χ4n) is 3.72. The van der Waals surface area contributed by atoms with E-state index in [1.54, 1.807) is 10.8 Å². The van der Waals surface area contributed by atoms with Crippen LogP contribution >= 0.6 is 22.7 Å². The lowest BCUT2D eigenvalue weighted by Gasteiger charge is -2.09. The first kappa shape index (κ1) is 27.4. The predicted octanol–water partition coefficient (Wildman–Crippen LogP) is 3.58. The van der Waals surface area contributed by atoms with E-state index in [0.717, 1.165) is 22.7 Å². The summed E-state index contributed by atoms with van der Waals surface area (Å²) in [6.07, 6.45) is 2.96. The molecule has 0 aliphatic heterocycles. The summed E-state index contributed by atoms with van der Waals surface area (Å²) in [5.74, 6) is -2.46. The van der Waals surface area contributed by atoms with Crippen molar-refractivity contribution in [2.75, 3.05) is 20.1 Å². The van der Waals surface area contributed by atoms with Crippen molar-refractivity contribution in [3.63, 3.8) is 0 Å². The van der Waals surface area contributed by atoms with Crippen molar-refractivity contribution in [2.45, 2.75) is 9.79 Å². The van der Waals surface area contributed by atoms with Crippen molar-refractivity contribution in [1.29, 1.82) is 0 Å². The number of thiazole rings is 2. The van der Waals surface area contributed by atoms with E-state index >= 15 is 0 Å². The fourth-order valence-corrected chi connectivity index (χ4v) is 7.30. The van der Waals surface area contributed by atoms with Crippen LogP contribution in [0.2, 0.25) is 0 Å². The van der Waals surface area contributed by atoms with Gasteiger partial charge in [0.2, 0.25) is 11.8 Å². The number of aromatic nitrogens is 2. The Hall–Kier alpha value is -4.12. The maximum absolute atomic E-state index is 12.8. The number of nitrogens with zero attached hydrogens (tertiary/aromatic N) is 2. The van der Waals surface area contributed by atoms with Crippen molar-refractivity contribution in [1.82, 2.24) is 9.97 Å². The molecule has 5 rings (SSSR count). The van der Waals surface area contributed by atoms with Crippen molar-refractivity contribution >= 4 is 76.2 Å². The highest BCUT2D eigenvalue weighted by atomic mass is 32.2. The summed E-state index contributed by atoms with van der Waals surface area (Å²) in [5, 5.41) is 9.08. The Kier molecular flexibility index (Phi) is 7.41. The van der Waals surface area contributed by atoms with E-state index < -0.39 is 43.7 Å². The van der Waals surface area contributed by atoms with E-state index in [1.807, 2.05) is 0 Å². The normalized spacial score (nSPS) is 16.6. The molecule has 0 unspecified atom stereocenters. The maximum atomic E-state index is 12.8. The van der Waals surface area contributed by atoms with Crippen LogP contribution in [0, 0.1) is 11.8 Å². The molecule has 12 nitrogen and oxygen atoms in total. The first-order chi connectivity index (χ1) is 19.0. The molecular weight excluding hydrogens is 597 g/mol. The minimum absolute atomic E-state index is 0.00780. The molecule has 2 aromatic heterocycles. The van der Waals surface area contributed by atoms with Crippen LogP contribution in [-0.4, -0.2) is 38.6 Å². The molecule has 16 heteroatoms. The molecule has 4 aromatic rings. The average Bonchev–Trinajstić information content (AvgIpc) is 3.24. The van der Waals surface area contributed by atoms with Gasteiger partial charge in [0, 0.05) is 34.5 Å².